The lowest BCUT2D eigenvalue weighted by Crippen LogP contribution is -2.60. The first-order valence-corrected chi connectivity index (χ1v) is 8.18. The van der Waals surface area contributed by atoms with Crippen molar-refractivity contribution in [2.75, 3.05) is 0 Å². The molecule has 4 aliphatic rings. The summed E-state index contributed by atoms with van der Waals surface area (Å²) < 4.78 is 6.00. The smallest absolute Gasteiger partial charge is 0.339 e. The van der Waals surface area contributed by atoms with Gasteiger partial charge in [0.1, 0.15) is 5.60 Å². The normalized spacial score (nSPS) is 38.8. The zero-order chi connectivity index (χ0) is 15.4. The van der Waals surface area contributed by atoms with E-state index in [1.807, 2.05) is 18.2 Å². The molecule has 4 fully saturated rings. The van der Waals surface area contributed by atoms with E-state index in [4.69, 9.17) is 4.74 Å². The van der Waals surface area contributed by atoms with Crippen molar-refractivity contribution in [2.24, 2.45) is 11.8 Å². The van der Waals surface area contributed by atoms with E-state index in [9.17, 15) is 9.90 Å². The molecular formula is C19H22O3. The van der Waals surface area contributed by atoms with Gasteiger partial charge in [0.25, 0.3) is 0 Å². The maximum absolute atomic E-state index is 12.7. The molecule has 0 radical (unpaired) electrons. The molecule has 4 aliphatic carbocycles. The van der Waals surface area contributed by atoms with Crippen LogP contribution < -0.4 is 0 Å². The summed E-state index contributed by atoms with van der Waals surface area (Å²) in [4.78, 5) is 12.7. The molecule has 3 heteroatoms. The average Bonchev–Trinajstić information content (AvgIpc) is 2.44. The molecule has 5 rings (SSSR count). The average molecular weight is 298 g/mol. The Bertz CT molecular complexity index is 619. The third-order valence-electron chi connectivity index (χ3n) is 5.69. The van der Waals surface area contributed by atoms with Crippen molar-refractivity contribution in [2.45, 2.75) is 49.7 Å². The minimum Gasteiger partial charge on any atom is -0.455 e. The largest absolute Gasteiger partial charge is 0.455 e. The fourth-order valence-electron chi connectivity index (χ4n) is 5.36. The van der Waals surface area contributed by atoms with E-state index in [0.29, 0.717) is 23.8 Å². The van der Waals surface area contributed by atoms with Crippen molar-refractivity contribution in [1.82, 2.24) is 0 Å². The fourth-order valence-corrected chi connectivity index (χ4v) is 5.36. The molecule has 116 valence electrons. The molecule has 0 aromatic heterocycles. The minimum atomic E-state index is -0.609. The molecule has 4 bridgehead atoms. The van der Waals surface area contributed by atoms with Crippen LogP contribution >= 0.6 is 0 Å². The number of benzene rings is 1. The second kappa shape index (κ2) is 4.69. The predicted octanol–water partition coefficient (Wildman–Crippen LogP) is 3.57. The number of ether oxygens (including phenoxy) is 1. The number of carbonyl (C=O) groups is 1. The van der Waals surface area contributed by atoms with E-state index in [-0.39, 0.29) is 5.97 Å². The number of aliphatic hydroxyl groups is 1. The molecule has 1 aromatic rings. The van der Waals surface area contributed by atoms with E-state index in [1.165, 1.54) is 6.42 Å². The van der Waals surface area contributed by atoms with E-state index in [1.54, 1.807) is 12.1 Å². The highest BCUT2D eigenvalue weighted by Crippen LogP contribution is 2.59. The minimum absolute atomic E-state index is 0.277. The molecule has 1 N–H and O–H groups in total. The van der Waals surface area contributed by atoms with Crippen LogP contribution in [0.3, 0.4) is 0 Å². The fraction of sp³-hybridized carbons (Fsp3) is 0.526. The molecule has 0 saturated heterocycles. The van der Waals surface area contributed by atoms with Crippen LogP contribution in [-0.4, -0.2) is 22.3 Å². The van der Waals surface area contributed by atoms with Gasteiger partial charge < -0.3 is 9.84 Å². The van der Waals surface area contributed by atoms with E-state index < -0.39 is 11.2 Å². The molecule has 1 aromatic carbocycles. The monoisotopic (exact) mass is 298 g/mol. The number of hydrogen-bond donors (Lipinski definition) is 1. The molecule has 2 unspecified atom stereocenters. The third kappa shape index (κ3) is 2.19. The lowest BCUT2D eigenvalue weighted by molar-refractivity contribution is -0.199. The van der Waals surface area contributed by atoms with Crippen LogP contribution in [0.4, 0.5) is 0 Å². The van der Waals surface area contributed by atoms with Crippen molar-refractivity contribution in [3.63, 3.8) is 0 Å². The summed E-state index contributed by atoms with van der Waals surface area (Å²) in [6.45, 7) is 3.76. The Hall–Kier alpha value is -1.61. The Morgan fingerprint density at radius 3 is 2.55 bits per heavy atom. The van der Waals surface area contributed by atoms with Crippen LogP contribution in [0.5, 0.6) is 0 Å². The second-order valence-electron chi connectivity index (χ2n) is 7.55. The molecule has 22 heavy (non-hydrogen) atoms. The first-order chi connectivity index (χ1) is 10.5. The summed E-state index contributed by atoms with van der Waals surface area (Å²) in [5.41, 5.74) is 0.308. The highest BCUT2D eigenvalue weighted by atomic mass is 16.6. The van der Waals surface area contributed by atoms with Crippen molar-refractivity contribution in [1.29, 1.82) is 0 Å². The Labute approximate surface area is 131 Å². The van der Waals surface area contributed by atoms with Crippen LogP contribution in [0.25, 0.3) is 6.08 Å². The predicted molar refractivity (Wildman–Crippen MR) is 84.3 cm³/mol. The summed E-state index contributed by atoms with van der Waals surface area (Å²) in [6.07, 6.45) is 7.06. The van der Waals surface area contributed by atoms with Crippen molar-refractivity contribution in [3.8, 4) is 0 Å². The number of hydrogen-bond acceptors (Lipinski definition) is 3. The quantitative estimate of drug-likeness (QED) is 0.868. The van der Waals surface area contributed by atoms with Gasteiger partial charge >= 0.3 is 5.97 Å². The number of carbonyl (C=O) groups excluding carboxylic acids is 1. The van der Waals surface area contributed by atoms with Gasteiger partial charge in [-0.2, -0.15) is 0 Å². The molecule has 0 heterocycles. The SMILES string of the molecule is C=Cc1ccccc1C(=O)OC12CC3CC(CC(O)(C3)C1)C2. The first-order valence-electron chi connectivity index (χ1n) is 8.18. The zero-order valence-electron chi connectivity index (χ0n) is 12.8. The van der Waals surface area contributed by atoms with E-state index in [0.717, 1.165) is 31.2 Å². The zero-order valence-corrected chi connectivity index (χ0v) is 12.8. The van der Waals surface area contributed by atoms with Crippen molar-refractivity contribution in [3.05, 3.63) is 42.0 Å². The van der Waals surface area contributed by atoms with Gasteiger partial charge in [-0.3, -0.25) is 0 Å². The number of rotatable bonds is 3. The third-order valence-corrected chi connectivity index (χ3v) is 5.69. The van der Waals surface area contributed by atoms with Gasteiger partial charge in [-0.15, -0.1) is 0 Å². The van der Waals surface area contributed by atoms with Gasteiger partial charge in [0.05, 0.1) is 11.2 Å². The molecular weight excluding hydrogens is 276 g/mol. The Balaban J connectivity index is 1.61. The Morgan fingerprint density at radius 1 is 1.23 bits per heavy atom. The van der Waals surface area contributed by atoms with Crippen LogP contribution in [0, 0.1) is 11.8 Å². The lowest BCUT2D eigenvalue weighted by Gasteiger charge is -2.59. The molecule has 2 atom stereocenters. The lowest BCUT2D eigenvalue weighted by atomic mass is 9.52. The summed E-state index contributed by atoms with van der Waals surface area (Å²) in [5, 5.41) is 10.7. The summed E-state index contributed by atoms with van der Waals surface area (Å²) in [5.74, 6) is 0.739. The van der Waals surface area contributed by atoms with E-state index >= 15 is 0 Å². The van der Waals surface area contributed by atoms with Crippen LogP contribution in [0.1, 0.15) is 54.4 Å². The first kappa shape index (κ1) is 14.0. The van der Waals surface area contributed by atoms with Crippen LogP contribution in [-0.2, 0) is 4.74 Å². The molecule has 4 saturated carbocycles. The molecule has 0 spiro atoms. The van der Waals surface area contributed by atoms with Crippen molar-refractivity contribution < 1.29 is 14.6 Å². The maximum Gasteiger partial charge on any atom is 0.339 e. The topological polar surface area (TPSA) is 46.5 Å². The number of esters is 1. The second-order valence-corrected chi connectivity index (χ2v) is 7.55. The summed E-state index contributed by atoms with van der Waals surface area (Å²) in [6, 6.07) is 7.39. The van der Waals surface area contributed by atoms with Gasteiger partial charge in [0.15, 0.2) is 0 Å². The molecule has 3 nitrogen and oxygen atoms in total. The van der Waals surface area contributed by atoms with E-state index in [2.05, 4.69) is 6.58 Å². The van der Waals surface area contributed by atoms with Crippen LogP contribution in [0.15, 0.2) is 30.8 Å². The summed E-state index contributed by atoms with van der Waals surface area (Å²) in [7, 11) is 0. The Morgan fingerprint density at radius 2 is 1.91 bits per heavy atom. The Kier molecular flexibility index (Phi) is 2.99. The highest BCUT2D eigenvalue weighted by molar-refractivity contribution is 5.93. The standard InChI is InChI=1S/C19H22O3/c1-2-15-5-3-4-6-16(15)17(20)22-19-10-13-7-14(11-19)9-18(21,8-13)12-19/h2-6,13-14,21H,1,7-12H2. The van der Waals surface area contributed by atoms with Gasteiger partial charge in [-0.25, -0.2) is 4.79 Å². The van der Waals surface area contributed by atoms with Gasteiger partial charge in [0.2, 0.25) is 0 Å². The highest BCUT2D eigenvalue weighted by Gasteiger charge is 2.59. The van der Waals surface area contributed by atoms with Gasteiger partial charge in [-0.1, -0.05) is 30.9 Å². The van der Waals surface area contributed by atoms with Gasteiger partial charge in [-0.05, 0) is 55.6 Å². The van der Waals surface area contributed by atoms with Gasteiger partial charge in [0, 0.05) is 6.42 Å². The van der Waals surface area contributed by atoms with Crippen molar-refractivity contribution >= 4 is 12.0 Å². The molecule has 0 aliphatic heterocycles. The summed E-state index contributed by atoms with van der Waals surface area (Å²) >= 11 is 0. The molecule has 0 amide bonds. The van der Waals surface area contributed by atoms with Crippen LogP contribution in [0.2, 0.25) is 0 Å². The maximum atomic E-state index is 12.7.